The van der Waals surface area contributed by atoms with Crippen molar-refractivity contribution in [1.29, 1.82) is 0 Å². The predicted molar refractivity (Wildman–Crippen MR) is 130 cm³/mol. The van der Waals surface area contributed by atoms with Crippen LogP contribution in [0.1, 0.15) is 71.9 Å². The fourth-order valence-corrected chi connectivity index (χ4v) is 3.82. The lowest BCUT2D eigenvalue weighted by Crippen LogP contribution is -2.32. The van der Waals surface area contributed by atoms with E-state index in [9.17, 15) is 14.4 Å². The molecule has 0 radical (unpaired) electrons. The van der Waals surface area contributed by atoms with Crippen LogP contribution in [0.4, 0.5) is 0 Å². The number of nitrogens with one attached hydrogen (secondary N) is 1. The van der Waals surface area contributed by atoms with Crippen molar-refractivity contribution >= 4 is 24.0 Å². The molecule has 0 spiro atoms. The van der Waals surface area contributed by atoms with Crippen molar-refractivity contribution in [2.45, 2.75) is 66.9 Å². The molecule has 0 bridgehead atoms. The van der Waals surface area contributed by atoms with Gasteiger partial charge in [-0.2, -0.15) is 0 Å². The highest BCUT2D eigenvalue weighted by Gasteiger charge is 2.38. The van der Waals surface area contributed by atoms with Crippen molar-refractivity contribution in [1.82, 2.24) is 5.32 Å². The molecule has 184 valence electrons. The van der Waals surface area contributed by atoms with Gasteiger partial charge in [-0.05, 0) is 65.2 Å². The topological polar surface area (TPSA) is 90.9 Å². The molecule has 0 saturated carbocycles. The molecular formula is C27H35NO6. The molecule has 1 N–H and O–H groups in total. The molecule has 1 aliphatic heterocycles. The fourth-order valence-electron chi connectivity index (χ4n) is 3.82. The Bertz CT molecular complexity index is 993. The van der Waals surface area contributed by atoms with E-state index in [4.69, 9.17) is 14.2 Å². The van der Waals surface area contributed by atoms with Gasteiger partial charge in [0.05, 0.1) is 36.4 Å². The highest BCUT2D eigenvalue weighted by Crippen LogP contribution is 2.41. The molecule has 7 nitrogen and oxygen atoms in total. The molecule has 1 atom stereocenters. The molecule has 34 heavy (non-hydrogen) atoms. The predicted octanol–water partition coefficient (Wildman–Crippen LogP) is 4.79. The summed E-state index contributed by atoms with van der Waals surface area (Å²) in [6.45, 7) is 12.9. The minimum Gasteiger partial charge on any atom is -0.463 e. The average Bonchev–Trinajstić information content (AvgIpc) is 2.78. The smallest absolute Gasteiger partial charge is 0.336 e. The van der Waals surface area contributed by atoms with E-state index in [0.717, 1.165) is 0 Å². The van der Waals surface area contributed by atoms with Gasteiger partial charge in [-0.15, -0.1) is 0 Å². The molecule has 0 fully saturated rings. The zero-order chi connectivity index (χ0) is 25.4. The number of benzene rings is 1. The summed E-state index contributed by atoms with van der Waals surface area (Å²) in [4.78, 5) is 38.6. The lowest BCUT2D eigenvalue weighted by Gasteiger charge is -2.31. The molecule has 1 unspecified atom stereocenters. The Balaban J connectivity index is 2.69. The molecular weight excluding hydrogens is 434 g/mol. The molecule has 1 aromatic carbocycles. The third-order valence-corrected chi connectivity index (χ3v) is 5.64. The normalized spacial score (nSPS) is 15.6. The lowest BCUT2D eigenvalue weighted by molar-refractivity contribution is -0.143. The maximum Gasteiger partial charge on any atom is 0.336 e. The van der Waals surface area contributed by atoms with Gasteiger partial charge in [-0.3, -0.25) is 0 Å². The molecule has 0 aliphatic carbocycles. The SMILES string of the molecule is CCOC(=O)C1=C(C)NC(C)=C(C(=O)OCC)C1c1ccccc1C=C(C)C(=O)OC(C)CC. The van der Waals surface area contributed by atoms with E-state index >= 15 is 0 Å². The minimum atomic E-state index is -0.731. The van der Waals surface area contributed by atoms with Crippen molar-refractivity contribution in [2.75, 3.05) is 13.2 Å². The first-order valence-electron chi connectivity index (χ1n) is 11.7. The van der Waals surface area contributed by atoms with Gasteiger partial charge in [-0.1, -0.05) is 31.2 Å². The highest BCUT2D eigenvalue weighted by atomic mass is 16.5. The van der Waals surface area contributed by atoms with Crippen molar-refractivity contribution < 1.29 is 28.6 Å². The molecule has 1 aromatic rings. The summed E-state index contributed by atoms with van der Waals surface area (Å²) in [6, 6.07) is 7.35. The highest BCUT2D eigenvalue weighted by molar-refractivity contribution is 6.00. The van der Waals surface area contributed by atoms with E-state index in [-0.39, 0.29) is 19.3 Å². The first kappa shape index (κ1) is 26.9. The van der Waals surface area contributed by atoms with E-state index in [1.165, 1.54) is 0 Å². The third kappa shape index (κ3) is 6.16. The number of rotatable bonds is 9. The Morgan fingerprint density at radius 2 is 1.50 bits per heavy atom. The van der Waals surface area contributed by atoms with Crippen LogP contribution in [0.2, 0.25) is 0 Å². The van der Waals surface area contributed by atoms with E-state index in [0.29, 0.717) is 45.7 Å². The van der Waals surface area contributed by atoms with Gasteiger partial charge in [-0.25, -0.2) is 14.4 Å². The van der Waals surface area contributed by atoms with Crippen LogP contribution in [0.5, 0.6) is 0 Å². The van der Waals surface area contributed by atoms with E-state index in [1.807, 2.05) is 38.1 Å². The van der Waals surface area contributed by atoms with Gasteiger partial charge in [0, 0.05) is 17.0 Å². The van der Waals surface area contributed by atoms with Gasteiger partial charge in [0.15, 0.2) is 0 Å². The number of carbonyl (C=O) groups excluding carboxylic acids is 3. The summed E-state index contributed by atoms with van der Waals surface area (Å²) < 4.78 is 16.1. The standard InChI is InChI=1S/C27H35NO6/c1-8-17(5)34-25(29)16(4)15-20-13-11-12-14-21(20)24-22(26(30)32-9-2)18(6)28-19(7)23(24)27(31)33-10-3/h11-15,17,24,28H,8-10H2,1-7H3. The molecule has 2 rings (SSSR count). The Morgan fingerprint density at radius 1 is 0.971 bits per heavy atom. The van der Waals surface area contributed by atoms with Gasteiger partial charge in [0.2, 0.25) is 0 Å². The summed E-state index contributed by atoms with van der Waals surface area (Å²) in [6.07, 6.45) is 2.24. The number of allylic oxidation sites excluding steroid dienone is 2. The van der Waals surface area contributed by atoms with Crippen LogP contribution in [0, 0.1) is 0 Å². The minimum absolute atomic E-state index is 0.196. The average molecular weight is 470 g/mol. The molecule has 0 aromatic heterocycles. The second-order valence-corrected chi connectivity index (χ2v) is 8.16. The second-order valence-electron chi connectivity index (χ2n) is 8.16. The molecule has 0 amide bonds. The van der Waals surface area contributed by atoms with Crippen molar-refractivity contribution in [2.24, 2.45) is 0 Å². The summed E-state index contributed by atoms with van der Waals surface area (Å²) in [5, 5.41) is 3.13. The van der Waals surface area contributed by atoms with Crippen molar-refractivity contribution in [3.05, 3.63) is 63.5 Å². The lowest BCUT2D eigenvalue weighted by atomic mass is 9.78. The van der Waals surface area contributed by atoms with Gasteiger partial charge in [0.25, 0.3) is 0 Å². The summed E-state index contributed by atoms with van der Waals surface area (Å²) >= 11 is 0. The van der Waals surface area contributed by atoms with E-state index in [1.54, 1.807) is 40.7 Å². The van der Waals surface area contributed by atoms with Crippen LogP contribution in [-0.4, -0.2) is 37.2 Å². The van der Waals surface area contributed by atoms with Gasteiger partial charge < -0.3 is 19.5 Å². The maximum absolute atomic E-state index is 13.0. The molecule has 1 heterocycles. The largest absolute Gasteiger partial charge is 0.463 e. The van der Waals surface area contributed by atoms with Crippen LogP contribution in [-0.2, 0) is 28.6 Å². The zero-order valence-electron chi connectivity index (χ0n) is 21.1. The Kier molecular flexibility index (Phi) is 9.66. The van der Waals surface area contributed by atoms with Crippen LogP contribution in [0.25, 0.3) is 6.08 Å². The Hall–Kier alpha value is -3.35. The van der Waals surface area contributed by atoms with Crippen LogP contribution in [0.15, 0.2) is 52.4 Å². The first-order valence-corrected chi connectivity index (χ1v) is 11.7. The van der Waals surface area contributed by atoms with Crippen LogP contribution < -0.4 is 5.32 Å². The third-order valence-electron chi connectivity index (χ3n) is 5.64. The maximum atomic E-state index is 13.0. The Morgan fingerprint density at radius 3 is 2.00 bits per heavy atom. The van der Waals surface area contributed by atoms with Crippen molar-refractivity contribution in [3.63, 3.8) is 0 Å². The zero-order valence-corrected chi connectivity index (χ0v) is 21.1. The first-order chi connectivity index (χ1) is 16.2. The monoisotopic (exact) mass is 469 g/mol. The summed E-state index contributed by atoms with van der Waals surface area (Å²) in [7, 11) is 0. The number of hydrogen-bond acceptors (Lipinski definition) is 7. The second kappa shape index (κ2) is 12.2. The van der Waals surface area contributed by atoms with Gasteiger partial charge in [0.1, 0.15) is 0 Å². The van der Waals surface area contributed by atoms with Crippen molar-refractivity contribution in [3.8, 4) is 0 Å². The van der Waals surface area contributed by atoms with E-state index < -0.39 is 23.8 Å². The number of esters is 3. The number of ether oxygens (including phenoxy) is 3. The quantitative estimate of drug-likeness (QED) is 0.316. The van der Waals surface area contributed by atoms with E-state index in [2.05, 4.69) is 5.32 Å². The number of hydrogen-bond donors (Lipinski definition) is 1. The molecule has 1 aliphatic rings. The number of carbonyl (C=O) groups is 3. The number of dihydropyridines is 1. The van der Waals surface area contributed by atoms with Crippen LogP contribution in [0.3, 0.4) is 0 Å². The van der Waals surface area contributed by atoms with Gasteiger partial charge >= 0.3 is 17.9 Å². The summed E-state index contributed by atoms with van der Waals surface area (Å²) in [5.74, 6) is -2.17. The molecule has 0 saturated heterocycles. The van der Waals surface area contributed by atoms with Crippen LogP contribution >= 0.6 is 0 Å². The summed E-state index contributed by atoms with van der Waals surface area (Å²) in [5.41, 5.74) is 3.65. The fraction of sp³-hybridized carbons (Fsp3) is 0.444. The molecule has 7 heteroatoms. The Labute approximate surface area is 201 Å².